The number of amides is 2. The lowest BCUT2D eigenvalue weighted by Gasteiger charge is -2.19. The molecule has 166 valence electrons. The first kappa shape index (κ1) is 23.0. The van der Waals surface area contributed by atoms with Gasteiger partial charge >= 0.3 is 0 Å². The molecule has 0 unspecified atom stereocenters. The third-order valence-electron chi connectivity index (χ3n) is 4.69. The molecular weight excluding hydrogens is 433 g/mol. The van der Waals surface area contributed by atoms with E-state index in [4.69, 9.17) is 0 Å². The first-order chi connectivity index (χ1) is 15.3. The molecule has 0 atom stereocenters. The zero-order valence-corrected chi connectivity index (χ0v) is 18.1. The maximum absolute atomic E-state index is 13.6. The van der Waals surface area contributed by atoms with Crippen LogP contribution in [0.2, 0.25) is 0 Å². The van der Waals surface area contributed by atoms with E-state index in [-0.39, 0.29) is 29.1 Å². The van der Waals surface area contributed by atoms with E-state index in [2.05, 4.69) is 10.6 Å². The van der Waals surface area contributed by atoms with Gasteiger partial charge < -0.3 is 10.6 Å². The molecule has 0 saturated carbocycles. The summed E-state index contributed by atoms with van der Waals surface area (Å²) in [4.78, 5) is 24.4. The van der Waals surface area contributed by atoms with Crippen molar-refractivity contribution in [3.8, 4) is 0 Å². The second-order valence-corrected chi connectivity index (χ2v) is 8.80. The number of sulfonamides is 1. The Labute approximate surface area is 185 Å². The molecule has 3 rings (SSSR count). The van der Waals surface area contributed by atoms with Crippen molar-refractivity contribution in [1.82, 2.24) is 10.6 Å². The van der Waals surface area contributed by atoms with Crippen LogP contribution < -0.4 is 14.9 Å². The quantitative estimate of drug-likeness (QED) is 0.511. The Morgan fingerprint density at radius 2 is 1.47 bits per heavy atom. The number of carbonyl (C=O) groups is 2. The second kappa shape index (κ2) is 10.1. The number of benzene rings is 3. The van der Waals surface area contributed by atoms with Crippen molar-refractivity contribution in [2.45, 2.75) is 4.90 Å². The van der Waals surface area contributed by atoms with Gasteiger partial charge in [-0.25, -0.2) is 12.8 Å². The fraction of sp³-hybridized carbons (Fsp3) is 0.130. The smallest absolute Gasteiger partial charge is 0.264 e. The molecule has 0 heterocycles. The van der Waals surface area contributed by atoms with Crippen LogP contribution in [0.5, 0.6) is 0 Å². The van der Waals surface area contributed by atoms with Gasteiger partial charge in [0, 0.05) is 25.7 Å². The van der Waals surface area contributed by atoms with Crippen molar-refractivity contribution in [3.05, 3.63) is 95.8 Å². The second-order valence-electron chi connectivity index (χ2n) is 6.83. The molecule has 0 aliphatic heterocycles. The van der Waals surface area contributed by atoms with Crippen molar-refractivity contribution in [3.63, 3.8) is 0 Å². The van der Waals surface area contributed by atoms with E-state index in [1.807, 2.05) is 0 Å². The van der Waals surface area contributed by atoms with Crippen LogP contribution in [0.3, 0.4) is 0 Å². The van der Waals surface area contributed by atoms with Gasteiger partial charge in [0.15, 0.2) is 0 Å². The highest BCUT2D eigenvalue weighted by atomic mass is 32.2. The Hall–Kier alpha value is -3.72. The van der Waals surface area contributed by atoms with Gasteiger partial charge in [-0.1, -0.05) is 36.4 Å². The van der Waals surface area contributed by atoms with Gasteiger partial charge in [0.05, 0.1) is 16.1 Å². The van der Waals surface area contributed by atoms with Crippen molar-refractivity contribution >= 4 is 27.5 Å². The SMILES string of the molecule is CN(c1ccccc1)S(=O)(=O)c1cccc(C(=O)NCCNC(=O)c2ccccc2F)c1. The van der Waals surface area contributed by atoms with Gasteiger partial charge in [-0.3, -0.25) is 13.9 Å². The Bertz CT molecular complexity index is 1220. The van der Waals surface area contributed by atoms with Gasteiger partial charge in [0.25, 0.3) is 21.8 Å². The number of carbonyl (C=O) groups excluding carboxylic acids is 2. The molecule has 3 aromatic rings. The third kappa shape index (κ3) is 5.30. The molecule has 2 N–H and O–H groups in total. The molecule has 7 nitrogen and oxygen atoms in total. The fourth-order valence-electron chi connectivity index (χ4n) is 2.93. The van der Waals surface area contributed by atoms with E-state index in [1.165, 1.54) is 49.5 Å². The highest BCUT2D eigenvalue weighted by Gasteiger charge is 2.22. The van der Waals surface area contributed by atoms with Crippen molar-refractivity contribution in [2.24, 2.45) is 0 Å². The lowest BCUT2D eigenvalue weighted by molar-refractivity contribution is 0.0925. The standard InChI is InChI=1S/C23H22FN3O4S/c1-27(18-9-3-2-4-10-18)32(30,31)19-11-7-8-17(16-19)22(28)25-14-15-26-23(29)20-12-5-6-13-21(20)24/h2-13,16H,14-15H2,1H3,(H,25,28)(H,26,29). The molecule has 0 bridgehead atoms. The molecule has 0 spiro atoms. The van der Waals surface area contributed by atoms with E-state index >= 15 is 0 Å². The molecule has 0 saturated heterocycles. The Morgan fingerprint density at radius 3 is 2.16 bits per heavy atom. The minimum atomic E-state index is -3.86. The average molecular weight is 456 g/mol. The summed E-state index contributed by atoms with van der Waals surface area (Å²) in [6, 6.07) is 19.9. The summed E-state index contributed by atoms with van der Waals surface area (Å²) in [7, 11) is -2.42. The summed E-state index contributed by atoms with van der Waals surface area (Å²) in [6.07, 6.45) is 0. The molecule has 3 aromatic carbocycles. The molecule has 32 heavy (non-hydrogen) atoms. The highest BCUT2D eigenvalue weighted by Crippen LogP contribution is 2.22. The topological polar surface area (TPSA) is 95.6 Å². The van der Waals surface area contributed by atoms with Crippen LogP contribution in [0.1, 0.15) is 20.7 Å². The molecule has 0 fully saturated rings. The number of anilines is 1. The van der Waals surface area contributed by atoms with Gasteiger partial charge in [-0.05, 0) is 42.5 Å². The van der Waals surface area contributed by atoms with E-state index < -0.39 is 27.7 Å². The monoisotopic (exact) mass is 455 g/mol. The molecule has 0 aromatic heterocycles. The summed E-state index contributed by atoms with van der Waals surface area (Å²) < 4.78 is 40.6. The maximum atomic E-state index is 13.6. The number of nitrogens with one attached hydrogen (secondary N) is 2. The number of hydrogen-bond donors (Lipinski definition) is 2. The molecule has 9 heteroatoms. The van der Waals surface area contributed by atoms with Gasteiger partial charge in [0.2, 0.25) is 0 Å². The fourth-order valence-corrected chi connectivity index (χ4v) is 4.17. The zero-order valence-electron chi connectivity index (χ0n) is 17.3. The maximum Gasteiger partial charge on any atom is 0.264 e. The predicted molar refractivity (Wildman–Crippen MR) is 120 cm³/mol. The lowest BCUT2D eigenvalue weighted by atomic mass is 10.2. The van der Waals surface area contributed by atoms with Gasteiger partial charge in [-0.2, -0.15) is 0 Å². The summed E-state index contributed by atoms with van der Waals surface area (Å²) in [6.45, 7) is 0.160. The average Bonchev–Trinajstić information content (AvgIpc) is 2.82. The number of para-hydroxylation sites is 1. The predicted octanol–water partition coefficient (Wildman–Crippen LogP) is 2.81. The summed E-state index contributed by atoms with van der Waals surface area (Å²) >= 11 is 0. The molecule has 0 aliphatic carbocycles. The number of rotatable bonds is 8. The van der Waals surface area contributed by atoms with Crippen LogP contribution in [0.15, 0.2) is 83.8 Å². The van der Waals surface area contributed by atoms with Crippen LogP contribution in [0, 0.1) is 5.82 Å². The van der Waals surface area contributed by atoms with E-state index in [9.17, 15) is 22.4 Å². The van der Waals surface area contributed by atoms with E-state index in [1.54, 1.807) is 36.4 Å². The van der Waals surface area contributed by atoms with Crippen LogP contribution in [0.4, 0.5) is 10.1 Å². The molecule has 0 aliphatic rings. The van der Waals surface area contributed by atoms with Crippen LogP contribution in [0.25, 0.3) is 0 Å². The number of hydrogen-bond acceptors (Lipinski definition) is 4. The largest absolute Gasteiger partial charge is 0.350 e. The Balaban J connectivity index is 1.60. The van der Waals surface area contributed by atoms with Crippen LogP contribution >= 0.6 is 0 Å². The van der Waals surface area contributed by atoms with Crippen molar-refractivity contribution in [2.75, 3.05) is 24.4 Å². The molecule has 2 amide bonds. The van der Waals surface area contributed by atoms with Crippen molar-refractivity contribution < 1.29 is 22.4 Å². The molecule has 0 radical (unpaired) electrons. The first-order valence-corrected chi connectivity index (χ1v) is 11.2. The normalized spacial score (nSPS) is 10.9. The summed E-state index contributed by atoms with van der Waals surface area (Å²) in [5.41, 5.74) is 0.570. The number of nitrogens with zero attached hydrogens (tertiary/aromatic N) is 1. The Morgan fingerprint density at radius 1 is 0.844 bits per heavy atom. The van der Waals surface area contributed by atoms with E-state index in [0.29, 0.717) is 5.69 Å². The number of halogens is 1. The summed E-state index contributed by atoms with van der Waals surface area (Å²) in [5, 5.41) is 5.12. The van der Waals surface area contributed by atoms with Crippen molar-refractivity contribution in [1.29, 1.82) is 0 Å². The first-order valence-electron chi connectivity index (χ1n) is 9.75. The van der Waals surface area contributed by atoms with E-state index in [0.717, 1.165) is 4.31 Å². The third-order valence-corrected chi connectivity index (χ3v) is 6.47. The van der Waals surface area contributed by atoms with Gasteiger partial charge in [-0.15, -0.1) is 0 Å². The minimum absolute atomic E-state index is 0.0237. The van der Waals surface area contributed by atoms with Crippen LogP contribution in [-0.4, -0.2) is 40.4 Å². The Kier molecular flexibility index (Phi) is 7.21. The molecular formula is C23H22FN3O4S. The highest BCUT2D eigenvalue weighted by molar-refractivity contribution is 7.92. The lowest BCUT2D eigenvalue weighted by Crippen LogP contribution is -2.35. The summed E-state index contributed by atoms with van der Waals surface area (Å²) in [5.74, 6) is -1.72. The minimum Gasteiger partial charge on any atom is -0.350 e. The zero-order chi connectivity index (χ0) is 23.1. The van der Waals surface area contributed by atoms with Gasteiger partial charge in [0.1, 0.15) is 5.82 Å². The van der Waals surface area contributed by atoms with Crippen LogP contribution in [-0.2, 0) is 10.0 Å².